The predicted octanol–water partition coefficient (Wildman–Crippen LogP) is 2.82. The third-order valence-electron chi connectivity index (χ3n) is 3.99. The molecule has 0 radical (unpaired) electrons. The number of hydrogen-bond acceptors (Lipinski definition) is 4. The van der Waals surface area contributed by atoms with Crippen LogP contribution in [-0.4, -0.2) is 38.1 Å². The molecule has 1 aliphatic rings. The van der Waals surface area contributed by atoms with Gasteiger partial charge in [-0.15, -0.1) is 5.10 Å². The standard InChI is InChI=1S/C14H18ClN5/c1-10-4-2-3-9-20(10)13(14-16-18-19-17-14)11-5-7-12(15)8-6-11/h5-8,10,13H,2-4,9H2,1H3,(H,16,17,18,19). The molecule has 1 saturated heterocycles. The fraction of sp³-hybridized carbons (Fsp3) is 0.500. The van der Waals surface area contributed by atoms with Crippen molar-refractivity contribution in [1.29, 1.82) is 0 Å². The smallest absolute Gasteiger partial charge is 0.170 e. The quantitative estimate of drug-likeness (QED) is 0.945. The Morgan fingerprint density at radius 3 is 2.75 bits per heavy atom. The molecular weight excluding hydrogens is 274 g/mol. The van der Waals surface area contributed by atoms with E-state index >= 15 is 0 Å². The Hall–Kier alpha value is -1.46. The van der Waals surface area contributed by atoms with Crippen molar-refractivity contribution in [3.8, 4) is 0 Å². The van der Waals surface area contributed by atoms with Crippen LogP contribution in [0.2, 0.25) is 5.02 Å². The van der Waals surface area contributed by atoms with Gasteiger partial charge in [0.05, 0.1) is 6.04 Å². The molecule has 3 rings (SSSR count). The van der Waals surface area contributed by atoms with Gasteiger partial charge in [-0.1, -0.05) is 30.2 Å². The van der Waals surface area contributed by atoms with E-state index in [-0.39, 0.29) is 6.04 Å². The highest BCUT2D eigenvalue weighted by Crippen LogP contribution is 2.32. The molecule has 1 fully saturated rings. The Bertz CT molecular complexity index is 539. The summed E-state index contributed by atoms with van der Waals surface area (Å²) in [4.78, 5) is 2.47. The van der Waals surface area contributed by atoms with Crippen LogP contribution >= 0.6 is 11.6 Å². The Balaban J connectivity index is 1.97. The highest BCUT2D eigenvalue weighted by molar-refractivity contribution is 6.30. The van der Waals surface area contributed by atoms with Gasteiger partial charge in [0.2, 0.25) is 0 Å². The fourth-order valence-corrected chi connectivity index (χ4v) is 3.06. The second-order valence-electron chi connectivity index (χ2n) is 5.32. The maximum Gasteiger partial charge on any atom is 0.170 e. The van der Waals surface area contributed by atoms with E-state index in [1.165, 1.54) is 24.8 Å². The topological polar surface area (TPSA) is 57.7 Å². The van der Waals surface area contributed by atoms with Crippen molar-refractivity contribution in [2.75, 3.05) is 6.54 Å². The number of aromatic amines is 1. The van der Waals surface area contributed by atoms with Gasteiger partial charge < -0.3 is 0 Å². The molecule has 0 saturated carbocycles. The van der Waals surface area contributed by atoms with Gasteiger partial charge >= 0.3 is 0 Å². The summed E-state index contributed by atoms with van der Waals surface area (Å²) in [5.41, 5.74) is 1.17. The average molecular weight is 292 g/mol. The number of piperidine rings is 1. The lowest BCUT2D eigenvalue weighted by Crippen LogP contribution is -2.41. The van der Waals surface area contributed by atoms with Crippen LogP contribution in [0.15, 0.2) is 24.3 Å². The molecule has 2 aromatic rings. The molecule has 1 aromatic heterocycles. The van der Waals surface area contributed by atoms with Crippen LogP contribution in [0.4, 0.5) is 0 Å². The predicted molar refractivity (Wildman–Crippen MR) is 77.5 cm³/mol. The average Bonchev–Trinajstić information content (AvgIpc) is 2.97. The first-order valence-corrected chi connectivity index (χ1v) is 7.38. The Labute approximate surface area is 123 Å². The highest BCUT2D eigenvalue weighted by Gasteiger charge is 2.30. The number of benzene rings is 1. The number of tetrazole rings is 1. The van der Waals surface area contributed by atoms with Crippen molar-refractivity contribution in [3.05, 3.63) is 40.7 Å². The van der Waals surface area contributed by atoms with Crippen LogP contribution < -0.4 is 0 Å². The van der Waals surface area contributed by atoms with Crippen LogP contribution in [0.3, 0.4) is 0 Å². The molecule has 0 amide bonds. The molecule has 106 valence electrons. The SMILES string of the molecule is CC1CCCCN1C(c1ccc(Cl)cc1)c1nnn[nH]1. The zero-order chi connectivity index (χ0) is 13.9. The molecular formula is C14H18ClN5. The van der Waals surface area contributed by atoms with Gasteiger partial charge in [0.15, 0.2) is 5.82 Å². The van der Waals surface area contributed by atoms with Crippen molar-refractivity contribution in [1.82, 2.24) is 25.5 Å². The number of likely N-dealkylation sites (tertiary alicyclic amines) is 1. The highest BCUT2D eigenvalue weighted by atomic mass is 35.5. The summed E-state index contributed by atoms with van der Waals surface area (Å²) >= 11 is 5.99. The van der Waals surface area contributed by atoms with Crippen molar-refractivity contribution in [3.63, 3.8) is 0 Å². The number of nitrogens with one attached hydrogen (secondary N) is 1. The Morgan fingerprint density at radius 2 is 2.10 bits per heavy atom. The van der Waals surface area contributed by atoms with Gasteiger partial charge in [0, 0.05) is 11.1 Å². The third-order valence-corrected chi connectivity index (χ3v) is 4.24. The van der Waals surface area contributed by atoms with E-state index in [9.17, 15) is 0 Å². The zero-order valence-electron chi connectivity index (χ0n) is 11.5. The lowest BCUT2D eigenvalue weighted by molar-refractivity contribution is 0.120. The van der Waals surface area contributed by atoms with Crippen molar-refractivity contribution >= 4 is 11.6 Å². The van der Waals surface area contributed by atoms with E-state index < -0.39 is 0 Å². The minimum atomic E-state index is 0.0672. The van der Waals surface area contributed by atoms with Crippen molar-refractivity contribution in [2.45, 2.75) is 38.3 Å². The third kappa shape index (κ3) is 2.69. The van der Waals surface area contributed by atoms with Gasteiger partial charge in [-0.05, 0) is 54.4 Å². The summed E-state index contributed by atoms with van der Waals surface area (Å²) in [6.07, 6.45) is 3.72. The van der Waals surface area contributed by atoms with Crippen LogP contribution in [0.25, 0.3) is 0 Å². The summed E-state index contributed by atoms with van der Waals surface area (Å²) in [7, 11) is 0. The van der Waals surface area contributed by atoms with E-state index in [4.69, 9.17) is 11.6 Å². The molecule has 2 heterocycles. The molecule has 1 aromatic carbocycles. The number of halogens is 1. The van der Waals surface area contributed by atoms with Gasteiger partial charge in [-0.3, -0.25) is 4.90 Å². The van der Waals surface area contributed by atoms with Crippen LogP contribution in [-0.2, 0) is 0 Å². The molecule has 6 heteroatoms. The lowest BCUT2D eigenvalue weighted by atomic mass is 9.97. The number of hydrogen-bond donors (Lipinski definition) is 1. The van der Waals surface area contributed by atoms with E-state index in [2.05, 4.69) is 44.6 Å². The monoisotopic (exact) mass is 291 g/mol. The lowest BCUT2D eigenvalue weighted by Gasteiger charge is -2.38. The molecule has 20 heavy (non-hydrogen) atoms. The number of H-pyrrole nitrogens is 1. The van der Waals surface area contributed by atoms with Gasteiger partial charge in [-0.2, -0.15) is 0 Å². The van der Waals surface area contributed by atoms with E-state index in [1.54, 1.807) is 0 Å². The molecule has 0 aliphatic carbocycles. The Morgan fingerprint density at radius 1 is 1.30 bits per heavy atom. The van der Waals surface area contributed by atoms with Gasteiger partial charge in [0.1, 0.15) is 0 Å². The normalized spacial score (nSPS) is 21.8. The number of nitrogens with zero attached hydrogens (tertiary/aromatic N) is 4. The first-order chi connectivity index (χ1) is 9.75. The van der Waals surface area contributed by atoms with E-state index in [1.807, 2.05) is 12.1 Å². The summed E-state index contributed by atoms with van der Waals surface area (Å²) in [6.45, 7) is 3.33. The molecule has 2 unspecified atom stereocenters. The molecule has 0 bridgehead atoms. The van der Waals surface area contributed by atoms with E-state index in [0.717, 1.165) is 17.4 Å². The van der Waals surface area contributed by atoms with Gasteiger partial charge in [-0.25, -0.2) is 5.10 Å². The zero-order valence-corrected chi connectivity index (χ0v) is 12.2. The van der Waals surface area contributed by atoms with E-state index in [0.29, 0.717) is 6.04 Å². The summed E-state index contributed by atoms with van der Waals surface area (Å²) in [5, 5.41) is 15.3. The number of aromatic nitrogens is 4. The minimum Gasteiger partial charge on any atom is -0.287 e. The van der Waals surface area contributed by atoms with Crippen molar-refractivity contribution < 1.29 is 0 Å². The van der Waals surface area contributed by atoms with Crippen LogP contribution in [0, 0.1) is 0 Å². The molecule has 0 spiro atoms. The summed E-state index contributed by atoms with van der Waals surface area (Å²) in [6, 6.07) is 8.53. The largest absolute Gasteiger partial charge is 0.287 e. The fourth-order valence-electron chi connectivity index (χ4n) is 2.94. The maximum absolute atomic E-state index is 5.99. The van der Waals surface area contributed by atoms with Crippen LogP contribution in [0.1, 0.15) is 43.6 Å². The molecule has 5 nitrogen and oxygen atoms in total. The first kappa shape index (κ1) is 13.5. The summed E-state index contributed by atoms with van der Waals surface area (Å²) in [5.74, 6) is 0.793. The second-order valence-corrected chi connectivity index (χ2v) is 5.76. The molecule has 2 atom stereocenters. The Kier molecular flexibility index (Phi) is 3.98. The van der Waals surface area contributed by atoms with Crippen LogP contribution in [0.5, 0.6) is 0 Å². The molecule has 1 aliphatic heterocycles. The minimum absolute atomic E-state index is 0.0672. The summed E-state index contributed by atoms with van der Waals surface area (Å²) < 4.78 is 0. The van der Waals surface area contributed by atoms with Gasteiger partial charge in [0.25, 0.3) is 0 Å². The maximum atomic E-state index is 5.99. The molecule has 1 N–H and O–H groups in total. The second kappa shape index (κ2) is 5.89. The number of rotatable bonds is 3. The first-order valence-electron chi connectivity index (χ1n) is 7.00. The van der Waals surface area contributed by atoms with Crippen molar-refractivity contribution in [2.24, 2.45) is 0 Å².